The lowest BCUT2D eigenvalue weighted by molar-refractivity contribution is 0.0921. The number of nitrogens with one attached hydrogen (secondary N) is 2. The fourth-order valence-electron chi connectivity index (χ4n) is 3.54. The van der Waals surface area contributed by atoms with E-state index in [1.54, 1.807) is 0 Å². The van der Waals surface area contributed by atoms with E-state index in [1.807, 2.05) is 26.2 Å². The third kappa shape index (κ3) is 4.31. The zero-order valence-electron chi connectivity index (χ0n) is 15.8. The van der Waals surface area contributed by atoms with Crippen molar-refractivity contribution in [2.24, 2.45) is 0 Å². The molecule has 3 rings (SSSR count). The summed E-state index contributed by atoms with van der Waals surface area (Å²) in [5.74, 6) is 0.465. The Kier molecular flexibility index (Phi) is 6.06. The molecule has 6 nitrogen and oxygen atoms in total. The number of aromatic nitrogens is 1. The molecule has 0 spiro atoms. The van der Waals surface area contributed by atoms with Crippen LogP contribution in [0.5, 0.6) is 0 Å². The van der Waals surface area contributed by atoms with Gasteiger partial charge in [0.25, 0.3) is 5.91 Å². The highest BCUT2D eigenvalue weighted by molar-refractivity contribution is 5.93. The Morgan fingerprint density at radius 1 is 1.38 bits per heavy atom. The summed E-state index contributed by atoms with van der Waals surface area (Å²) in [4.78, 5) is 19.2. The number of carbonyl (C=O) groups excluding carboxylic acids is 1. The zero-order valence-corrected chi connectivity index (χ0v) is 15.8. The van der Waals surface area contributed by atoms with Crippen molar-refractivity contribution < 1.29 is 9.21 Å². The molecule has 2 aromatic rings. The monoisotopic (exact) mass is 356 g/mol. The lowest BCUT2D eigenvalue weighted by Gasteiger charge is -2.25. The maximum Gasteiger partial charge on any atom is 0.274 e. The third-order valence-corrected chi connectivity index (χ3v) is 4.85. The van der Waals surface area contributed by atoms with Gasteiger partial charge in [-0.25, -0.2) is 4.98 Å². The highest BCUT2D eigenvalue weighted by Crippen LogP contribution is 2.26. The van der Waals surface area contributed by atoms with E-state index in [1.165, 1.54) is 6.39 Å². The molecule has 2 atom stereocenters. The largest absolute Gasteiger partial charge is 0.446 e. The first-order chi connectivity index (χ1) is 12.6. The first-order valence-corrected chi connectivity index (χ1v) is 9.24. The van der Waals surface area contributed by atoms with Crippen LogP contribution in [0.25, 0.3) is 0 Å². The maximum atomic E-state index is 13.0. The van der Waals surface area contributed by atoms with E-state index in [2.05, 4.69) is 39.6 Å². The molecule has 0 aliphatic carbocycles. The van der Waals surface area contributed by atoms with Crippen LogP contribution in [0.15, 0.2) is 35.1 Å². The minimum Gasteiger partial charge on any atom is -0.446 e. The molecular weight excluding hydrogens is 328 g/mol. The molecule has 2 N–H and O–H groups in total. The van der Waals surface area contributed by atoms with E-state index in [0.717, 1.165) is 36.9 Å². The predicted octanol–water partition coefficient (Wildman–Crippen LogP) is 2.83. The van der Waals surface area contributed by atoms with Crippen molar-refractivity contribution in [3.63, 3.8) is 0 Å². The molecule has 2 unspecified atom stereocenters. The molecule has 6 heteroatoms. The fourth-order valence-corrected chi connectivity index (χ4v) is 3.54. The topological polar surface area (TPSA) is 70.4 Å². The van der Waals surface area contributed by atoms with Gasteiger partial charge in [0.15, 0.2) is 17.8 Å². The number of aryl methyl sites for hydroxylation is 1. The third-order valence-electron chi connectivity index (χ3n) is 4.85. The number of amides is 1. The van der Waals surface area contributed by atoms with Crippen LogP contribution >= 0.6 is 0 Å². The van der Waals surface area contributed by atoms with E-state index in [0.29, 0.717) is 18.0 Å². The fraction of sp³-hybridized carbons (Fsp3) is 0.500. The summed E-state index contributed by atoms with van der Waals surface area (Å²) >= 11 is 0. The highest BCUT2D eigenvalue weighted by atomic mass is 16.3. The minimum atomic E-state index is -0.184. The summed E-state index contributed by atoms with van der Waals surface area (Å²) in [6.45, 7) is 3.72. The highest BCUT2D eigenvalue weighted by Gasteiger charge is 2.27. The number of hydrogen-bond donors (Lipinski definition) is 2. The number of hydrogen-bond acceptors (Lipinski definition) is 5. The van der Waals surface area contributed by atoms with Crippen molar-refractivity contribution in [3.05, 3.63) is 53.2 Å². The number of carbonyl (C=O) groups is 1. The quantitative estimate of drug-likeness (QED) is 0.833. The average Bonchev–Trinajstić information content (AvgIpc) is 3.12. The van der Waals surface area contributed by atoms with E-state index in [9.17, 15) is 4.79 Å². The Labute approximate surface area is 155 Å². The van der Waals surface area contributed by atoms with Crippen molar-refractivity contribution in [2.45, 2.75) is 38.3 Å². The molecule has 1 amide bonds. The van der Waals surface area contributed by atoms with Crippen LogP contribution in [0.2, 0.25) is 0 Å². The van der Waals surface area contributed by atoms with E-state index in [-0.39, 0.29) is 18.0 Å². The van der Waals surface area contributed by atoms with Crippen LogP contribution in [-0.2, 0) is 0 Å². The van der Waals surface area contributed by atoms with E-state index < -0.39 is 0 Å². The number of nitrogens with zero attached hydrogens (tertiary/aromatic N) is 2. The maximum absolute atomic E-state index is 13.0. The molecule has 1 saturated heterocycles. The molecule has 1 aliphatic rings. The van der Waals surface area contributed by atoms with Crippen molar-refractivity contribution in [3.8, 4) is 0 Å². The summed E-state index contributed by atoms with van der Waals surface area (Å²) < 4.78 is 5.57. The molecule has 1 aromatic heterocycles. The minimum absolute atomic E-state index is 0.0674. The van der Waals surface area contributed by atoms with Crippen LogP contribution in [-0.4, -0.2) is 43.0 Å². The van der Waals surface area contributed by atoms with E-state index in [4.69, 9.17) is 4.42 Å². The summed E-state index contributed by atoms with van der Waals surface area (Å²) in [5.41, 5.74) is 2.67. The second-order valence-corrected chi connectivity index (χ2v) is 7.21. The lowest BCUT2D eigenvalue weighted by atomic mass is 9.99. The number of benzene rings is 1. The van der Waals surface area contributed by atoms with Gasteiger partial charge in [-0.3, -0.25) is 4.79 Å². The molecule has 1 aromatic carbocycles. The van der Waals surface area contributed by atoms with Gasteiger partial charge in [-0.15, -0.1) is 0 Å². The van der Waals surface area contributed by atoms with Gasteiger partial charge in [0.1, 0.15) is 0 Å². The number of piperidine rings is 1. The van der Waals surface area contributed by atoms with Gasteiger partial charge in [-0.05, 0) is 51.5 Å². The molecule has 26 heavy (non-hydrogen) atoms. The number of rotatable bonds is 6. The smallest absolute Gasteiger partial charge is 0.274 e. The molecule has 1 aliphatic heterocycles. The molecule has 2 heterocycles. The zero-order chi connectivity index (χ0) is 18.5. The first-order valence-electron chi connectivity index (χ1n) is 9.24. The summed E-state index contributed by atoms with van der Waals surface area (Å²) in [7, 11) is 4.01. The van der Waals surface area contributed by atoms with Gasteiger partial charge in [-0.2, -0.15) is 0 Å². The Bertz CT molecular complexity index is 735. The van der Waals surface area contributed by atoms with Crippen LogP contribution in [0, 0.1) is 6.92 Å². The van der Waals surface area contributed by atoms with Gasteiger partial charge in [0.2, 0.25) is 0 Å². The van der Waals surface area contributed by atoms with E-state index >= 15 is 0 Å². The van der Waals surface area contributed by atoms with Crippen LogP contribution in [0.1, 0.15) is 58.7 Å². The average molecular weight is 356 g/mol. The second-order valence-electron chi connectivity index (χ2n) is 7.21. The normalized spacial score (nSPS) is 18.7. The van der Waals surface area contributed by atoms with Gasteiger partial charge in [-0.1, -0.05) is 30.7 Å². The number of likely N-dealkylation sites (N-methyl/N-ethyl adjacent to an activating group) is 1. The first kappa shape index (κ1) is 18.6. The number of oxazole rings is 1. The van der Waals surface area contributed by atoms with Crippen molar-refractivity contribution in [2.75, 3.05) is 27.2 Å². The van der Waals surface area contributed by atoms with Crippen LogP contribution < -0.4 is 10.6 Å². The Morgan fingerprint density at radius 3 is 2.88 bits per heavy atom. The Balaban J connectivity index is 1.80. The van der Waals surface area contributed by atoms with Crippen molar-refractivity contribution >= 4 is 5.91 Å². The second kappa shape index (κ2) is 8.47. The van der Waals surface area contributed by atoms with Gasteiger partial charge in [0, 0.05) is 6.54 Å². The van der Waals surface area contributed by atoms with Gasteiger partial charge < -0.3 is 20.0 Å². The van der Waals surface area contributed by atoms with Gasteiger partial charge >= 0.3 is 0 Å². The molecule has 0 bridgehead atoms. The summed E-state index contributed by atoms with van der Waals surface area (Å²) in [6, 6.07) is 8.11. The molecular formula is C20H28N4O2. The van der Waals surface area contributed by atoms with Crippen molar-refractivity contribution in [1.29, 1.82) is 0 Å². The molecule has 1 fully saturated rings. The van der Waals surface area contributed by atoms with Gasteiger partial charge in [0.05, 0.1) is 12.1 Å². The standard InChI is InChI=1S/C20H28N4O2/c1-14-8-4-5-9-15(14)17(12-24(2)3)23-20(25)18-19(26-13-22-18)16-10-6-7-11-21-16/h4-5,8-9,13,16-17,21H,6-7,10-12H2,1-3H3,(H,23,25). The van der Waals surface area contributed by atoms with Crippen LogP contribution in [0.3, 0.4) is 0 Å². The van der Waals surface area contributed by atoms with Crippen molar-refractivity contribution in [1.82, 2.24) is 20.5 Å². The Morgan fingerprint density at radius 2 is 2.19 bits per heavy atom. The summed E-state index contributed by atoms with van der Waals surface area (Å²) in [6.07, 6.45) is 4.62. The molecule has 0 radical (unpaired) electrons. The lowest BCUT2D eigenvalue weighted by Crippen LogP contribution is -2.37. The SMILES string of the molecule is Cc1ccccc1C(CN(C)C)NC(=O)c1ncoc1C1CCCCN1. The Hall–Kier alpha value is -2.18. The molecule has 0 saturated carbocycles. The predicted molar refractivity (Wildman–Crippen MR) is 101 cm³/mol. The van der Waals surface area contributed by atoms with Crippen LogP contribution in [0.4, 0.5) is 0 Å². The summed E-state index contributed by atoms with van der Waals surface area (Å²) in [5, 5.41) is 6.58. The molecule has 140 valence electrons.